The number of methoxy groups -OCH3 is 1. The number of likely N-dealkylation sites (tertiary alicyclic amines) is 1. The van der Waals surface area contributed by atoms with E-state index in [9.17, 15) is 13.2 Å². The molecule has 0 aliphatic carbocycles. The van der Waals surface area contributed by atoms with E-state index in [4.69, 9.17) is 14.2 Å². The molecule has 172 valence electrons. The lowest BCUT2D eigenvalue weighted by molar-refractivity contribution is -0.154. The van der Waals surface area contributed by atoms with Crippen LogP contribution < -0.4 is 10.1 Å². The number of nitrogens with one attached hydrogen (secondary N) is 1. The minimum absolute atomic E-state index is 0. The molecule has 11 heteroatoms. The number of rotatable bonds is 9. The number of pyridine rings is 1. The number of alkyl halides is 3. The van der Waals surface area contributed by atoms with E-state index in [1.165, 1.54) is 6.20 Å². The lowest BCUT2D eigenvalue weighted by Gasteiger charge is -2.34. The maximum atomic E-state index is 12.4. The first-order chi connectivity index (χ1) is 13.9. The Morgan fingerprint density at radius 1 is 1.30 bits per heavy atom. The predicted molar refractivity (Wildman–Crippen MR) is 118 cm³/mol. The third kappa shape index (κ3) is 9.65. The van der Waals surface area contributed by atoms with Crippen molar-refractivity contribution in [2.24, 2.45) is 4.99 Å². The van der Waals surface area contributed by atoms with Crippen LogP contribution in [0, 0.1) is 0 Å². The van der Waals surface area contributed by atoms with Gasteiger partial charge in [0.1, 0.15) is 0 Å². The van der Waals surface area contributed by atoms with Crippen molar-refractivity contribution < 1.29 is 27.4 Å². The second-order valence-corrected chi connectivity index (χ2v) is 6.68. The van der Waals surface area contributed by atoms with Crippen molar-refractivity contribution in [2.75, 3.05) is 47.1 Å². The van der Waals surface area contributed by atoms with Crippen LogP contribution in [0.25, 0.3) is 0 Å². The molecule has 0 atom stereocenters. The van der Waals surface area contributed by atoms with Crippen LogP contribution in [0.2, 0.25) is 0 Å². The van der Waals surface area contributed by atoms with Crippen LogP contribution in [0.4, 0.5) is 13.2 Å². The smallest absolute Gasteiger partial charge is 0.422 e. The molecule has 1 N–H and O–H groups in total. The predicted octanol–water partition coefficient (Wildman–Crippen LogP) is 3.23. The fourth-order valence-electron chi connectivity index (χ4n) is 3.03. The minimum atomic E-state index is -4.41. The van der Waals surface area contributed by atoms with Crippen molar-refractivity contribution in [1.29, 1.82) is 0 Å². The first-order valence-corrected chi connectivity index (χ1v) is 9.62. The summed E-state index contributed by atoms with van der Waals surface area (Å²) in [6.07, 6.45) is -0.123. The zero-order valence-electron chi connectivity index (χ0n) is 17.3. The van der Waals surface area contributed by atoms with E-state index >= 15 is 0 Å². The van der Waals surface area contributed by atoms with Crippen LogP contribution in [-0.4, -0.2) is 75.2 Å². The molecule has 1 aromatic rings. The highest BCUT2D eigenvalue weighted by Crippen LogP contribution is 2.20. The van der Waals surface area contributed by atoms with E-state index in [1.807, 2.05) is 0 Å². The molecule has 7 nitrogen and oxygen atoms in total. The van der Waals surface area contributed by atoms with Gasteiger partial charge in [-0.05, 0) is 25.3 Å². The van der Waals surface area contributed by atoms with Gasteiger partial charge in [-0.2, -0.15) is 13.2 Å². The van der Waals surface area contributed by atoms with E-state index in [1.54, 1.807) is 26.3 Å². The number of halogens is 4. The summed E-state index contributed by atoms with van der Waals surface area (Å²) >= 11 is 0. The van der Waals surface area contributed by atoms with Gasteiger partial charge >= 0.3 is 6.18 Å². The molecule has 0 radical (unpaired) electrons. The summed E-state index contributed by atoms with van der Waals surface area (Å²) in [5.41, 5.74) is 0.536. The van der Waals surface area contributed by atoms with Gasteiger partial charge in [0.05, 0.1) is 6.10 Å². The number of hydrogen-bond acceptors (Lipinski definition) is 5. The fourth-order valence-corrected chi connectivity index (χ4v) is 3.03. The largest absolute Gasteiger partial charge is 0.468 e. The van der Waals surface area contributed by atoms with Gasteiger partial charge in [0, 0.05) is 58.8 Å². The average Bonchev–Trinajstić information content (AvgIpc) is 2.71. The molecule has 0 aromatic carbocycles. The lowest BCUT2D eigenvalue weighted by Crippen LogP contribution is -2.46. The van der Waals surface area contributed by atoms with Crippen molar-refractivity contribution in [3.8, 4) is 5.88 Å². The van der Waals surface area contributed by atoms with Crippen LogP contribution in [0.3, 0.4) is 0 Å². The Bertz CT molecular complexity index is 642. The Morgan fingerprint density at radius 3 is 2.67 bits per heavy atom. The van der Waals surface area contributed by atoms with Crippen molar-refractivity contribution in [1.82, 2.24) is 15.2 Å². The monoisotopic (exact) mass is 546 g/mol. The summed E-state index contributed by atoms with van der Waals surface area (Å²) < 4.78 is 53.0. The van der Waals surface area contributed by atoms with E-state index in [-0.39, 0.29) is 42.5 Å². The summed E-state index contributed by atoms with van der Waals surface area (Å²) in [6.45, 7) is 1.86. The van der Waals surface area contributed by atoms with Gasteiger partial charge in [-0.1, -0.05) is 6.07 Å². The number of nitrogens with zero attached hydrogens (tertiary/aromatic N) is 3. The zero-order chi connectivity index (χ0) is 21.1. The summed E-state index contributed by atoms with van der Waals surface area (Å²) in [6, 6.07) is 3.34. The molecule has 1 aliphatic rings. The van der Waals surface area contributed by atoms with Gasteiger partial charge in [0.2, 0.25) is 5.88 Å². The van der Waals surface area contributed by atoms with Crippen LogP contribution in [0.15, 0.2) is 23.3 Å². The number of aromatic nitrogens is 1. The molecule has 0 bridgehead atoms. The Hall–Kier alpha value is -1.34. The highest BCUT2D eigenvalue weighted by molar-refractivity contribution is 14.0. The second-order valence-electron chi connectivity index (χ2n) is 6.68. The average molecular weight is 546 g/mol. The topological polar surface area (TPSA) is 68.2 Å². The molecule has 0 unspecified atom stereocenters. The minimum Gasteiger partial charge on any atom is -0.468 e. The summed E-state index contributed by atoms with van der Waals surface area (Å²) in [5, 5.41) is 3.19. The van der Waals surface area contributed by atoms with Crippen LogP contribution in [0.5, 0.6) is 5.88 Å². The summed E-state index contributed by atoms with van der Waals surface area (Å²) in [7, 11) is 3.36. The van der Waals surface area contributed by atoms with E-state index < -0.39 is 12.8 Å². The standard InChI is InChI=1S/C19H29F3N4O3.HI/c1-23-18(26-9-6-16(7-10-26)28-12-4-11-27-2)25-13-15-5-3-8-24-17(15)29-14-19(20,21)22;/h3,5,8,16H,4,6-7,9-14H2,1-2H3,(H,23,25);1H. The van der Waals surface area contributed by atoms with Crippen molar-refractivity contribution in [2.45, 2.75) is 38.1 Å². The molecule has 30 heavy (non-hydrogen) atoms. The second kappa shape index (κ2) is 13.9. The molecule has 1 aromatic heterocycles. The van der Waals surface area contributed by atoms with Crippen LogP contribution in [-0.2, 0) is 16.0 Å². The summed E-state index contributed by atoms with van der Waals surface area (Å²) in [4.78, 5) is 10.3. The number of guanidine groups is 1. The molecule has 0 spiro atoms. The molecular weight excluding hydrogens is 516 g/mol. The Labute approximate surface area is 192 Å². The van der Waals surface area contributed by atoms with Gasteiger partial charge in [-0.25, -0.2) is 4.98 Å². The van der Waals surface area contributed by atoms with Crippen LogP contribution >= 0.6 is 24.0 Å². The van der Waals surface area contributed by atoms with Gasteiger partial charge in [-0.15, -0.1) is 24.0 Å². The molecular formula is C19H30F3IN4O3. The highest BCUT2D eigenvalue weighted by atomic mass is 127. The first-order valence-electron chi connectivity index (χ1n) is 9.62. The molecule has 1 fully saturated rings. The number of aliphatic imine (C=N–C) groups is 1. The first kappa shape index (κ1) is 26.7. The molecule has 2 rings (SSSR count). The van der Waals surface area contributed by atoms with Gasteiger partial charge in [0.25, 0.3) is 0 Å². The fraction of sp³-hybridized carbons (Fsp3) is 0.684. The van der Waals surface area contributed by atoms with Gasteiger partial charge < -0.3 is 24.4 Å². The Kier molecular flexibility index (Phi) is 12.3. The van der Waals surface area contributed by atoms with Crippen LogP contribution in [0.1, 0.15) is 24.8 Å². The maximum absolute atomic E-state index is 12.4. The number of piperidine rings is 1. The lowest BCUT2D eigenvalue weighted by atomic mass is 10.1. The maximum Gasteiger partial charge on any atom is 0.422 e. The third-order valence-corrected chi connectivity index (χ3v) is 4.46. The number of hydrogen-bond donors (Lipinski definition) is 1. The highest BCUT2D eigenvalue weighted by Gasteiger charge is 2.29. The SMILES string of the molecule is CN=C(NCc1cccnc1OCC(F)(F)F)N1CCC(OCCCOC)CC1.I. The number of ether oxygens (including phenoxy) is 3. The van der Waals surface area contributed by atoms with E-state index in [2.05, 4.69) is 20.2 Å². The summed E-state index contributed by atoms with van der Waals surface area (Å²) in [5.74, 6) is 0.657. The van der Waals surface area contributed by atoms with Crippen molar-refractivity contribution in [3.05, 3.63) is 23.9 Å². The molecule has 1 saturated heterocycles. The van der Waals surface area contributed by atoms with Gasteiger partial charge in [-0.3, -0.25) is 4.99 Å². The third-order valence-electron chi connectivity index (χ3n) is 4.46. The quantitative estimate of drug-likeness (QED) is 0.222. The normalized spacial score (nSPS) is 15.6. The van der Waals surface area contributed by atoms with E-state index in [0.717, 1.165) is 32.4 Å². The molecule has 0 saturated carbocycles. The van der Waals surface area contributed by atoms with E-state index in [0.29, 0.717) is 24.7 Å². The molecule has 0 amide bonds. The Balaban J connectivity index is 0.00000450. The molecule has 1 aliphatic heterocycles. The van der Waals surface area contributed by atoms with Crippen molar-refractivity contribution in [3.63, 3.8) is 0 Å². The zero-order valence-corrected chi connectivity index (χ0v) is 19.6. The molecule has 2 heterocycles. The Morgan fingerprint density at radius 2 is 2.03 bits per heavy atom. The van der Waals surface area contributed by atoms with Gasteiger partial charge in [0.15, 0.2) is 12.6 Å². The van der Waals surface area contributed by atoms with Crippen molar-refractivity contribution >= 4 is 29.9 Å².